The first-order chi connectivity index (χ1) is 32.9. The molecule has 0 spiro atoms. The molecule has 0 saturated heterocycles. The fraction of sp³-hybridized carbons (Fsp3) is 0.109. The third-order valence-electron chi connectivity index (χ3n) is 12.8. The highest BCUT2D eigenvalue weighted by atomic mass is 14.7. The Bertz CT molecular complexity index is 3150. The van der Waals surface area contributed by atoms with E-state index in [4.69, 9.17) is 4.98 Å². The molecule has 3 aromatic heterocycles. The van der Waals surface area contributed by atoms with Gasteiger partial charge in [-0.05, 0) is 160 Å². The zero-order chi connectivity index (χ0) is 45.5. The molecule has 7 aromatic carbocycles. The average molecular weight is 864 g/mol. The fourth-order valence-corrected chi connectivity index (χ4v) is 9.06. The van der Waals surface area contributed by atoms with Crippen molar-refractivity contribution in [2.24, 2.45) is 0 Å². The topological polar surface area (TPSA) is 38.7 Å². The Labute approximate surface area is 395 Å². The van der Waals surface area contributed by atoms with Gasteiger partial charge in [0, 0.05) is 35.3 Å². The lowest BCUT2D eigenvalue weighted by Crippen LogP contribution is -1.98. The molecule has 0 aliphatic heterocycles. The molecule has 0 aliphatic rings. The van der Waals surface area contributed by atoms with E-state index in [0.29, 0.717) is 0 Å². The van der Waals surface area contributed by atoms with Gasteiger partial charge in [-0.25, -0.2) is 0 Å². The smallest absolute Gasteiger partial charge is 0.0704 e. The molecule has 67 heavy (non-hydrogen) atoms. The standard InChI is InChI=1S/C64H53N3/c1-44-35-36-65-64(37-44)56-31-32-60(61(41-56)53-29-27-52(28-30-53)51-9-5-4-6-10-51)59-12-8-7-11-58(59)57-39-49(17-15-47-19-23-54(24-20-47)62-33-13-45(2)42-66-62)38-50(40-57)18-16-48-21-25-55(26-22-48)63-34-14-46(3)43-67-63/h4-14,19-43H,15-18H2,1-3H3. The highest BCUT2D eigenvalue weighted by Crippen LogP contribution is 2.41. The lowest BCUT2D eigenvalue weighted by molar-refractivity contribution is 0.931. The van der Waals surface area contributed by atoms with Crippen molar-refractivity contribution in [3.8, 4) is 78.3 Å². The summed E-state index contributed by atoms with van der Waals surface area (Å²) < 4.78 is 0. The molecule has 10 aromatic rings. The summed E-state index contributed by atoms with van der Waals surface area (Å²) in [5.41, 5.74) is 24.8. The predicted octanol–water partition coefficient (Wildman–Crippen LogP) is 16.0. The van der Waals surface area contributed by atoms with E-state index in [1.807, 2.05) is 18.6 Å². The second kappa shape index (κ2) is 19.6. The Kier molecular flexibility index (Phi) is 12.6. The van der Waals surface area contributed by atoms with Gasteiger partial charge in [-0.1, -0.05) is 170 Å². The molecule has 0 aliphatic carbocycles. The van der Waals surface area contributed by atoms with Gasteiger partial charge in [0.25, 0.3) is 0 Å². The van der Waals surface area contributed by atoms with Crippen LogP contribution in [0.3, 0.4) is 0 Å². The Balaban J connectivity index is 1.01. The Morgan fingerprint density at radius 3 is 1.33 bits per heavy atom. The second-order valence-electron chi connectivity index (χ2n) is 17.8. The number of hydrogen-bond acceptors (Lipinski definition) is 3. The lowest BCUT2D eigenvalue weighted by atomic mass is 9.86. The first-order valence-corrected chi connectivity index (χ1v) is 23.4. The third-order valence-corrected chi connectivity index (χ3v) is 12.8. The molecule has 0 fully saturated rings. The van der Waals surface area contributed by atoms with Crippen LogP contribution in [0, 0.1) is 20.8 Å². The minimum atomic E-state index is 0.931. The highest BCUT2D eigenvalue weighted by molar-refractivity contribution is 5.94. The van der Waals surface area contributed by atoms with Gasteiger partial charge in [0.15, 0.2) is 0 Å². The van der Waals surface area contributed by atoms with Crippen molar-refractivity contribution in [1.82, 2.24) is 15.0 Å². The van der Waals surface area contributed by atoms with Crippen LogP contribution in [0.15, 0.2) is 219 Å². The van der Waals surface area contributed by atoms with E-state index >= 15 is 0 Å². The number of hydrogen-bond donors (Lipinski definition) is 0. The average Bonchev–Trinajstić information content (AvgIpc) is 3.38. The van der Waals surface area contributed by atoms with Gasteiger partial charge in [0.05, 0.1) is 17.1 Å². The van der Waals surface area contributed by atoms with E-state index in [9.17, 15) is 0 Å². The van der Waals surface area contributed by atoms with E-state index in [-0.39, 0.29) is 0 Å². The van der Waals surface area contributed by atoms with Crippen LogP contribution in [0.1, 0.15) is 38.9 Å². The minimum absolute atomic E-state index is 0.931. The van der Waals surface area contributed by atoms with Crippen LogP contribution >= 0.6 is 0 Å². The molecule has 0 bridgehead atoms. The molecule has 3 heterocycles. The maximum atomic E-state index is 4.80. The number of pyridine rings is 3. The van der Waals surface area contributed by atoms with E-state index < -0.39 is 0 Å². The van der Waals surface area contributed by atoms with E-state index in [1.54, 1.807) is 0 Å². The van der Waals surface area contributed by atoms with Gasteiger partial charge in [-0.3, -0.25) is 15.0 Å². The SMILES string of the molecule is Cc1ccc(-c2ccc(CCc3cc(CCc4ccc(-c5ccc(C)cn5)cc4)cc(-c4ccccc4-c4ccc(-c5cc(C)ccn5)cc4-c4ccc(-c5ccccc5)cc4)c3)cc2)nc1. The Morgan fingerprint density at radius 1 is 0.269 bits per heavy atom. The number of aromatic nitrogens is 3. The molecule has 0 N–H and O–H groups in total. The Morgan fingerprint density at radius 2 is 0.761 bits per heavy atom. The second-order valence-corrected chi connectivity index (χ2v) is 17.8. The maximum Gasteiger partial charge on any atom is 0.0704 e. The summed E-state index contributed by atoms with van der Waals surface area (Å²) in [5, 5.41) is 0. The summed E-state index contributed by atoms with van der Waals surface area (Å²) in [4.78, 5) is 14.1. The molecule has 0 radical (unpaired) electrons. The van der Waals surface area contributed by atoms with Crippen molar-refractivity contribution in [3.05, 3.63) is 258 Å². The van der Waals surface area contributed by atoms with E-state index in [0.717, 1.165) is 59.5 Å². The highest BCUT2D eigenvalue weighted by Gasteiger charge is 2.17. The van der Waals surface area contributed by atoms with Crippen molar-refractivity contribution in [1.29, 1.82) is 0 Å². The van der Waals surface area contributed by atoms with Crippen LogP contribution in [0.2, 0.25) is 0 Å². The first kappa shape index (κ1) is 42.9. The number of nitrogens with zero attached hydrogens (tertiary/aromatic N) is 3. The largest absolute Gasteiger partial charge is 0.256 e. The van der Waals surface area contributed by atoms with Gasteiger partial charge < -0.3 is 0 Å². The third kappa shape index (κ3) is 10.1. The van der Waals surface area contributed by atoms with Crippen molar-refractivity contribution >= 4 is 0 Å². The van der Waals surface area contributed by atoms with Crippen LogP contribution in [0.25, 0.3) is 78.3 Å². The van der Waals surface area contributed by atoms with Crippen molar-refractivity contribution in [3.63, 3.8) is 0 Å². The van der Waals surface area contributed by atoms with Crippen molar-refractivity contribution in [2.75, 3.05) is 0 Å². The summed E-state index contributed by atoms with van der Waals surface area (Å²) in [6.07, 6.45) is 9.53. The van der Waals surface area contributed by atoms with Crippen molar-refractivity contribution in [2.45, 2.75) is 46.5 Å². The lowest BCUT2D eigenvalue weighted by Gasteiger charge is -2.18. The summed E-state index contributed by atoms with van der Waals surface area (Å²) in [6, 6.07) is 73.3. The van der Waals surface area contributed by atoms with Crippen LogP contribution in [0.4, 0.5) is 0 Å². The molecular weight excluding hydrogens is 811 g/mol. The normalized spacial score (nSPS) is 11.1. The maximum absolute atomic E-state index is 4.80. The summed E-state index contributed by atoms with van der Waals surface area (Å²) >= 11 is 0. The van der Waals surface area contributed by atoms with Crippen LogP contribution in [0.5, 0.6) is 0 Å². The molecule has 0 saturated carbocycles. The number of rotatable bonds is 13. The molecule has 0 amide bonds. The monoisotopic (exact) mass is 863 g/mol. The molecule has 10 rings (SSSR count). The fourth-order valence-electron chi connectivity index (χ4n) is 9.06. The van der Waals surface area contributed by atoms with Crippen LogP contribution in [-0.4, -0.2) is 15.0 Å². The first-order valence-electron chi connectivity index (χ1n) is 23.4. The van der Waals surface area contributed by atoms with Gasteiger partial charge in [-0.2, -0.15) is 0 Å². The van der Waals surface area contributed by atoms with Crippen molar-refractivity contribution < 1.29 is 0 Å². The minimum Gasteiger partial charge on any atom is -0.256 e. The molecule has 0 atom stereocenters. The van der Waals surface area contributed by atoms with Gasteiger partial charge in [0.2, 0.25) is 0 Å². The number of benzene rings is 7. The molecule has 3 nitrogen and oxygen atoms in total. The zero-order valence-corrected chi connectivity index (χ0v) is 38.5. The molecule has 3 heteroatoms. The van der Waals surface area contributed by atoms with Gasteiger partial charge in [-0.15, -0.1) is 0 Å². The van der Waals surface area contributed by atoms with Crippen LogP contribution in [-0.2, 0) is 25.7 Å². The molecule has 324 valence electrons. The predicted molar refractivity (Wildman–Crippen MR) is 280 cm³/mol. The van der Waals surface area contributed by atoms with Gasteiger partial charge >= 0.3 is 0 Å². The summed E-state index contributed by atoms with van der Waals surface area (Å²) in [5.74, 6) is 0. The Hall–Kier alpha value is -8.01. The quantitative estimate of drug-likeness (QED) is 0.116. The summed E-state index contributed by atoms with van der Waals surface area (Å²) in [6.45, 7) is 6.28. The van der Waals surface area contributed by atoms with Gasteiger partial charge in [0.1, 0.15) is 0 Å². The zero-order valence-electron chi connectivity index (χ0n) is 38.5. The molecule has 0 unspecified atom stereocenters. The van der Waals surface area contributed by atoms with Crippen LogP contribution < -0.4 is 0 Å². The van der Waals surface area contributed by atoms with E-state index in [2.05, 4.69) is 231 Å². The molecular formula is C64H53N3. The number of aryl methyl sites for hydroxylation is 7. The van der Waals surface area contributed by atoms with E-state index in [1.165, 1.54) is 83.5 Å². The summed E-state index contributed by atoms with van der Waals surface area (Å²) in [7, 11) is 0.